The van der Waals surface area contributed by atoms with Crippen LogP contribution >= 0.6 is 0 Å². The lowest BCUT2D eigenvalue weighted by Crippen LogP contribution is -2.33. The molecule has 0 aromatic heterocycles. The van der Waals surface area contributed by atoms with Gasteiger partial charge in [0.15, 0.2) is 0 Å². The largest absolute Gasteiger partial charge is 0.396 e. The molecule has 4 heteroatoms. The van der Waals surface area contributed by atoms with E-state index in [2.05, 4.69) is 17.2 Å². The van der Waals surface area contributed by atoms with E-state index in [4.69, 9.17) is 5.11 Å². The molecular formula is C21H22N2O2. The van der Waals surface area contributed by atoms with Crippen molar-refractivity contribution >= 4 is 11.7 Å². The van der Waals surface area contributed by atoms with Crippen LogP contribution in [-0.2, 0) is 0 Å². The Morgan fingerprint density at radius 2 is 1.88 bits per heavy atom. The van der Waals surface area contributed by atoms with Crippen LogP contribution in [0.5, 0.6) is 0 Å². The van der Waals surface area contributed by atoms with Crippen molar-refractivity contribution in [2.75, 3.05) is 25.0 Å². The standard InChI is InChI=1S/C21H22N2O2/c24-15-13-18-12-14-23(16-18)21(25)22-20-9-5-4-8-19(20)11-10-17-6-2-1-3-7-17/h1-9,18,24H,12-16H2,(H,22,25)/t18-/m0/s1. The molecule has 0 spiro atoms. The highest BCUT2D eigenvalue weighted by atomic mass is 16.3. The molecule has 0 bridgehead atoms. The monoisotopic (exact) mass is 334 g/mol. The number of carbonyl (C=O) groups is 1. The van der Waals surface area contributed by atoms with Crippen LogP contribution < -0.4 is 5.32 Å². The number of anilines is 1. The van der Waals surface area contributed by atoms with Crippen molar-refractivity contribution in [3.8, 4) is 11.8 Å². The van der Waals surface area contributed by atoms with E-state index in [-0.39, 0.29) is 12.6 Å². The predicted octanol–water partition coefficient (Wildman–Crippen LogP) is 3.32. The summed E-state index contributed by atoms with van der Waals surface area (Å²) < 4.78 is 0. The molecule has 2 aromatic carbocycles. The number of rotatable bonds is 3. The lowest BCUT2D eigenvalue weighted by molar-refractivity contribution is 0.217. The van der Waals surface area contributed by atoms with Crippen molar-refractivity contribution in [2.24, 2.45) is 5.92 Å². The van der Waals surface area contributed by atoms with E-state index in [1.807, 2.05) is 59.5 Å². The van der Waals surface area contributed by atoms with Crippen LogP contribution in [-0.4, -0.2) is 35.7 Å². The van der Waals surface area contributed by atoms with Gasteiger partial charge in [0, 0.05) is 30.8 Å². The maximum absolute atomic E-state index is 12.5. The highest BCUT2D eigenvalue weighted by molar-refractivity contribution is 5.91. The van der Waals surface area contributed by atoms with Gasteiger partial charge >= 0.3 is 6.03 Å². The summed E-state index contributed by atoms with van der Waals surface area (Å²) in [5, 5.41) is 12.0. The van der Waals surface area contributed by atoms with Gasteiger partial charge in [0.25, 0.3) is 0 Å². The Morgan fingerprint density at radius 1 is 1.12 bits per heavy atom. The third kappa shape index (κ3) is 4.62. The molecule has 2 amide bonds. The molecule has 128 valence electrons. The lowest BCUT2D eigenvalue weighted by Gasteiger charge is -2.18. The van der Waals surface area contributed by atoms with Crippen molar-refractivity contribution in [3.05, 3.63) is 65.7 Å². The average molecular weight is 334 g/mol. The van der Waals surface area contributed by atoms with Gasteiger partial charge in [-0.25, -0.2) is 4.79 Å². The van der Waals surface area contributed by atoms with Crippen LogP contribution in [0, 0.1) is 17.8 Å². The minimum atomic E-state index is -0.102. The van der Waals surface area contributed by atoms with Gasteiger partial charge < -0.3 is 15.3 Å². The first kappa shape index (κ1) is 17.1. The number of aliphatic hydroxyl groups excluding tert-OH is 1. The minimum Gasteiger partial charge on any atom is -0.396 e. The van der Waals surface area contributed by atoms with Crippen LogP contribution in [0.4, 0.5) is 10.5 Å². The Hall–Kier alpha value is -2.77. The van der Waals surface area contributed by atoms with Crippen LogP contribution in [0.1, 0.15) is 24.0 Å². The van der Waals surface area contributed by atoms with Crippen molar-refractivity contribution in [3.63, 3.8) is 0 Å². The Labute approximate surface area is 148 Å². The van der Waals surface area contributed by atoms with Crippen molar-refractivity contribution < 1.29 is 9.90 Å². The number of benzene rings is 2. The molecular weight excluding hydrogens is 312 g/mol. The van der Waals surface area contributed by atoms with Gasteiger partial charge in [-0.2, -0.15) is 0 Å². The first-order valence-corrected chi connectivity index (χ1v) is 8.59. The molecule has 1 atom stereocenters. The molecule has 3 rings (SSSR count). The van der Waals surface area contributed by atoms with Crippen LogP contribution in [0.2, 0.25) is 0 Å². The summed E-state index contributed by atoms with van der Waals surface area (Å²) in [5.41, 5.74) is 2.46. The smallest absolute Gasteiger partial charge is 0.321 e. The Bertz CT molecular complexity index is 777. The molecule has 0 aliphatic carbocycles. The van der Waals surface area contributed by atoms with E-state index in [0.29, 0.717) is 12.5 Å². The molecule has 1 fully saturated rings. The molecule has 0 saturated carbocycles. The maximum Gasteiger partial charge on any atom is 0.321 e. The molecule has 4 nitrogen and oxygen atoms in total. The molecule has 0 unspecified atom stereocenters. The number of nitrogens with one attached hydrogen (secondary N) is 1. The number of hydrogen-bond acceptors (Lipinski definition) is 2. The van der Waals surface area contributed by atoms with E-state index in [1.54, 1.807) is 0 Å². The number of aliphatic hydroxyl groups is 1. The number of hydrogen-bond donors (Lipinski definition) is 2. The first-order chi connectivity index (χ1) is 12.3. The van der Waals surface area contributed by atoms with Crippen molar-refractivity contribution in [1.82, 2.24) is 4.90 Å². The summed E-state index contributed by atoms with van der Waals surface area (Å²) in [6, 6.07) is 17.3. The molecule has 1 heterocycles. The summed E-state index contributed by atoms with van der Waals surface area (Å²) >= 11 is 0. The van der Waals surface area contributed by atoms with E-state index < -0.39 is 0 Å². The topological polar surface area (TPSA) is 52.6 Å². The summed E-state index contributed by atoms with van der Waals surface area (Å²) in [5.74, 6) is 6.66. The summed E-state index contributed by atoms with van der Waals surface area (Å²) in [4.78, 5) is 14.3. The van der Waals surface area contributed by atoms with E-state index in [0.717, 1.165) is 36.2 Å². The summed E-state index contributed by atoms with van der Waals surface area (Å²) in [6.45, 7) is 1.61. The average Bonchev–Trinajstić information content (AvgIpc) is 3.11. The fourth-order valence-electron chi connectivity index (χ4n) is 2.99. The van der Waals surface area contributed by atoms with E-state index in [1.165, 1.54) is 0 Å². The van der Waals surface area contributed by atoms with Gasteiger partial charge in [0.05, 0.1) is 5.69 Å². The second kappa shape index (κ2) is 8.36. The number of urea groups is 1. The molecule has 1 saturated heterocycles. The zero-order valence-electron chi connectivity index (χ0n) is 14.1. The Balaban J connectivity index is 1.69. The molecule has 2 aromatic rings. The maximum atomic E-state index is 12.5. The van der Waals surface area contributed by atoms with E-state index in [9.17, 15) is 4.79 Å². The number of para-hydroxylation sites is 1. The highest BCUT2D eigenvalue weighted by Crippen LogP contribution is 2.21. The highest BCUT2D eigenvalue weighted by Gasteiger charge is 2.25. The van der Waals surface area contributed by atoms with Gasteiger partial charge in [-0.05, 0) is 43.0 Å². The fraction of sp³-hybridized carbons (Fsp3) is 0.286. The Kier molecular flexibility index (Phi) is 5.71. The van der Waals surface area contributed by atoms with Crippen LogP contribution in [0.3, 0.4) is 0 Å². The van der Waals surface area contributed by atoms with Crippen LogP contribution in [0.15, 0.2) is 54.6 Å². The molecule has 0 radical (unpaired) electrons. The summed E-state index contributed by atoms with van der Waals surface area (Å²) in [6.07, 6.45) is 1.70. The van der Waals surface area contributed by atoms with Gasteiger partial charge in [0.1, 0.15) is 0 Å². The number of amides is 2. The molecule has 2 N–H and O–H groups in total. The van der Waals surface area contributed by atoms with Gasteiger partial charge in [-0.15, -0.1) is 0 Å². The Morgan fingerprint density at radius 3 is 2.68 bits per heavy atom. The third-order valence-electron chi connectivity index (χ3n) is 4.39. The zero-order chi connectivity index (χ0) is 17.5. The van der Waals surface area contributed by atoms with Crippen LogP contribution in [0.25, 0.3) is 0 Å². The fourth-order valence-corrected chi connectivity index (χ4v) is 2.99. The quantitative estimate of drug-likeness (QED) is 0.846. The molecule has 1 aliphatic rings. The zero-order valence-corrected chi connectivity index (χ0v) is 14.1. The van der Waals surface area contributed by atoms with E-state index >= 15 is 0 Å². The number of likely N-dealkylation sites (tertiary alicyclic amines) is 1. The molecule has 25 heavy (non-hydrogen) atoms. The SMILES string of the molecule is O=C(Nc1ccccc1C#Cc1ccccc1)N1CC[C@@H](CCO)C1. The van der Waals surface area contributed by atoms with Gasteiger partial charge in [-0.1, -0.05) is 42.2 Å². The second-order valence-corrected chi connectivity index (χ2v) is 6.20. The first-order valence-electron chi connectivity index (χ1n) is 8.59. The third-order valence-corrected chi connectivity index (χ3v) is 4.39. The lowest BCUT2D eigenvalue weighted by atomic mass is 10.1. The van der Waals surface area contributed by atoms with Gasteiger partial charge in [0.2, 0.25) is 0 Å². The minimum absolute atomic E-state index is 0.102. The number of nitrogens with zero attached hydrogens (tertiary/aromatic N) is 1. The second-order valence-electron chi connectivity index (χ2n) is 6.20. The van der Waals surface area contributed by atoms with Gasteiger partial charge in [-0.3, -0.25) is 0 Å². The van der Waals surface area contributed by atoms with Crippen molar-refractivity contribution in [1.29, 1.82) is 0 Å². The summed E-state index contributed by atoms with van der Waals surface area (Å²) in [7, 11) is 0. The predicted molar refractivity (Wildman–Crippen MR) is 99.3 cm³/mol. The normalized spacial score (nSPS) is 16.2. The number of carbonyl (C=O) groups excluding carboxylic acids is 1. The van der Waals surface area contributed by atoms with Crippen molar-refractivity contribution in [2.45, 2.75) is 12.8 Å². The molecule has 1 aliphatic heterocycles.